The molecule has 2 heteroatoms. The molecule has 1 saturated heterocycles. The summed E-state index contributed by atoms with van der Waals surface area (Å²) in [6.45, 7) is 0.321. The minimum Gasteiger partial charge on any atom is -0.395 e. The molecule has 2 fully saturated rings. The van der Waals surface area contributed by atoms with Crippen molar-refractivity contribution in [1.82, 2.24) is 5.32 Å². The van der Waals surface area contributed by atoms with Gasteiger partial charge in [-0.2, -0.15) is 0 Å². The van der Waals surface area contributed by atoms with Crippen LogP contribution in [-0.2, 0) is 0 Å². The van der Waals surface area contributed by atoms with Crippen molar-refractivity contribution in [3.8, 4) is 0 Å². The summed E-state index contributed by atoms with van der Waals surface area (Å²) < 4.78 is 0. The minimum atomic E-state index is 0.321. The lowest BCUT2D eigenvalue weighted by Gasteiger charge is -2.24. The summed E-state index contributed by atoms with van der Waals surface area (Å²) in [4.78, 5) is 0. The van der Waals surface area contributed by atoms with Crippen molar-refractivity contribution in [3.63, 3.8) is 0 Å². The van der Waals surface area contributed by atoms with Gasteiger partial charge in [-0.25, -0.2) is 0 Å². The first-order valence-corrected chi connectivity index (χ1v) is 4.73. The summed E-state index contributed by atoms with van der Waals surface area (Å²) in [6, 6.07) is 0.396. The molecule has 0 amide bonds. The van der Waals surface area contributed by atoms with E-state index in [1.807, 2.05) is 0 Å². The molecule has 1 saturated carbocycles. The minimum absolute atomic E-state index is 0.321. The van der Waals surface area contributed by atoms with Gasteiger partial charge >= 0.3 is 0 Å². The quantitative estimate of drug-likeness (QED) is 0.593. The lowest BCUT2D eigenvalue weighted by atomic mass is 9.96. The third kappa shape index (κ3) is 1.30. The first-order valence-electron chi connectivity index (χ1n) is 4.73. The highest BCUT2D eigenvalue weighted by Gasteiger charge is 2.39. The normalized spacial score (nSPS) is 35.2. The van der Waals surface area contributed by atoms with Gasteiger partial charge in [0.25, 0.3) is 0 Å². The lowest BCUT2D eigenvalue weighted by Crippen LogP contribution is -2.41. The van der Waals surface area contributed by atoms with Crippen LogP contribution in [0, 0.1) is 0 Å². The molecule has 1 spiro atoms. The average molecular weight is 155 g/mol. The number of aliphatic hydroxyl groups excluding tert-OH is 1. The van der Waals surface area contributed by atoms with Gasteiger partial charge in [-0.3, -0.25) is 0 Å². The van der Waals surface area contributed by atoms with Gasteiger partial charge in [-0.15, -0.1) is 0 Å². The van der Waals surface area contributed by atoms with Crippen molar-refractivity contribution in [3.05, 3.63) is 0 Å². The summed E-state index contributed by atoms with van der Waals surface area (Å²) in [5.41, 5.74) is 0.452. The standard InChI is InChI=1S/C9H17NO/c11-7-8-3-6-9(10-8)4-1-2-5-9/h8,10-11H,1-7H2. The highest BCUT2D eigenvalue weighted by atomic mass is 16.3. The van der Waals surface area contributed by atoms with Crippen molar-refractivity contribution in [2.45, 2.75) is 50.1 Å². The largest absolute Gasteiger partial charge is 0.395 e. The van der Waals surface area contributed by atoms with Crippen molar-refractivity contribution in [2.24, 2.45) is 0 Å². The van der Waals surface area contributed by atoms with Gasteiger partial charge < -0.3 is 10.4 Å². The summed E-state index contributed by atoms with van der Waals surface area (Å²) in [5.74, 6) is 0. The number of nitrogens with one attached hydrogen (secondary N) is 1. The van der Waals surface area contributed by atoms with Gasteiger partial charge in [-0.05, 0) is 25.7 Å². The molecule has 0 aromatic rings. The van der Waals surface area contributed by atoms with Crippen LogP contribution in [-0.4, -0.2) is 23.3 Å². The maximum absolute atomic E-state index is 8.95. The SMILES string of the molecule is OCC1CCC2(CCCC2)N1. The molecular weight excluding hydrogens is 138 g/mol. The summed E-state index contributed by atoms with van der Waals surface area (Å²) in [7, 11) is 0. The monoisotopic (exact) mass is 155 g/mol. The van der Waals surface area contributed by atoms with Gasteiger partial charge in [0.05, 0.1) is 6.61 Å². The molecule has 64 valence electrons. The van der Waals surface area contributed by atoms with Crippen LogP contribution in [0.25, 0.3) is 0 Å². The smallest absolute Gasteiger partial charge is 0.0584 e. The Labute approximate surface area is 68.0 Å². The zero-order valence-electron chi connectivity index (χ0n) is 6.97. The highest BCUT2D eigenvalue weighted by Crippen LogP contribution is 2.38. The van der Waals surface area contributed by atoms with E-state index in [0.29, 0.717) is 18.2 Å². The molecule has 0 aromatic carbocycles. The molecule has 1 atom stereocenters. The van der Waals surface area contributed by atoms with Crippen LogP contribution in [0.3, 0.4) is 0 Å². The molecule has 2 nitrogen and oxygen atoms in total. The second kappa shape index (κ2) is 2.76. The van der Waals surface area contributed by atoms with E-state index >= 15 is 0 Å². The Morgan fingerprint density at radius 3 is 2.55 bits per heavy atom. The highest BCUT2D eigenvalue weighted by molar-refractivity contribution is 5.00. The van der Waals surface area contributed by atoms with Crippen LogP contribution in [0.2, 0.25) is 0 Å². The van der Waals surface area contributed by atoms with Crippen LogP contribution in [0.15, 0.2) is 0 Å². The van der Waals surface area contributed by atoms with Gasteiger partial charge in [-0.1, -0.05) is 12.8 Å². The fourth-order valence-electron chi connectivity index (χ4n) is 2.61. The van der Waals surface area contributed by atoms with Crippen molar-refractivity contribution < 1.29 is 5.11 Å². The van der Waals surface area contributed by atoms with Crippen LogP contribution in [0.5, 0.6) is 0 Å². The Bertz CT molecular complexity index is 140. The lowest BCUT2D eigenvalue weighted by molar-refractivity contribution is 0.239. The number of rotatable bonds is 1. The van der Waals surface area contributed by atoms with Crippen LogP contribution < -0.4 is 5.32 Å². The number of hydrogen-bond acceptors (Lipinski definition) is 2. The van der Waals surface area contributed by atoms with Gasteiger partial charge in [0.15, 0.2) is 0 Å². The molecule has 0 radical (unpaired) electrons. The molecule has 1 unspecified atom stereocenters. The van der Waals surface area contributed by atoms with E-state index in [1.165, 1.54) is 38.5 Å². The molecule has 1 heterocycles. The topological polar surface area (TPSA) is 32.3 Å². The molecule has 1 aliphatic carbocycles. The van der Waals surface area contributed by atoms with Crippen molar-refractivity contribution in [2.75, 3.05) is 6.61 Å². The number of aliphatic hydroxyl groups is 1. The number of hydrogen-bond donors (Lipinski definition) is 2. The first-order chi connectivity index (χ1) is 5.35. The van der Waals surface area contributed by atoms with E-state index in [2.05, 4.69) is 5.32 Å². The Balaban J connectivity index is 1.96. The molecule has 2 rings (SSSR count). The van der Waals surface area contributed by atoms with E-state index in [4.69, 9.17) is 5.11 Å². The van der Waals surface area contributed by atoms with E-state index in [9.17, 15) is 0 Å². The van der Waals surface area contributed by atoms with E-state index in [0.717, 1.165) is 0 Å². The van der Waals surface area contributed by atoms with Crippen LogP contribution in [0.4, 0.5) is 0 Å². The van der Waals surface area contributed by atoms with Crippen molar-refractivity contribution >= 4 is 0 Å². The summed E-state index contributed by atoms with van der Waals surface area (Å²) in [5, 5.41) is 12.5. The second-order valence-electron chi connectivity index (χ2n) is 4.05. The second-order valence-corrected chi connectivity index (χ2v) is 4.05. The zero-order chi connectivity index (χ0) is 7.73. The maximum atomic E-state index is 8.95. The first kappa shape index (κ1) is 7.56. The molecular formula is C9H17NO. The predicted octanol–water partition coefficient (Wildman–Crippen LogP) is 1.04. The Morgan fingerprint density at radius 1 is 1.27 bits per heavy atom. The van der Waals surface area contributed by atoms with Crippen molar-refractivity contribution in [1.29, 1.82) is 0 Å². The molecule has 2 N–H and O–H groups in total. The predicted molar refractivity (Wildman–Crippen MR) is 44.4 cm³/mol. The Morgan fingerprint density at radius 2 is 2.00 bits per heavy atom. The zero-order valence-corrected chi connectivity index (χ0v) is 6.97. The van der Waals surface area contributed by atoms with Gasteiger partial charge in [0.1, 0.15) is 0 Å². The third-order valence-corrected chi connectivity index (χ3v) is 3.26. The molecule has 0 aromatic heterocycles. The maximum Gasteiger partial charge on any atom is 0.0584 e. The van der Waals surface area contributed by atoms with Crippen LogP contribution in [0.1, 0.15) is 38.5 Å². The summed E-state index contributed by atoms with van der Waals surface area (Å²) >= 11 is 0. The van der Waals surface area contributed by atoms with E-state index in [-0.39, 0.29) is 0 Å². The Hall–Kier alpha value is -0.0800. The molecule has 2 aliphatic rings. The third-order valence-electron chi connectivity index (χ3n) is 3.26. The average Bonchev–Trinajstić information content (AvgIpc) is 2.62. The molecule has 0 bridgehead atoms. The summed E-state index contributed by atoms with van der Waals surface area (Å²) in [6.07, 6.45) is 7.90. The molecule has 1 aliphatic heterocycles. The van der Waals surface area contributed by atoms with E-state index in [1.54, 1.807) is 0 Å². The fraction of sp³-hybridized carbons (Fsp3) is 1.00. The fourth-order valence-corrected chi connectivity index (χ4v) is 2.61. The molecule has 11 heavy (non-hydrogen) atoms. The van der Waals surface area contributed by atoms with Gasteiger partial charge in [0, 0.05) is 11.6 Å². The Kier molecular flexibility index (Phi) is 1.90. The van der Waals surface area contributed by atoms with Crippen LogP contribution >= 0.6 is 0 Å². The van der Waals surface area contributed by atoms with Gasteiger partial charge in [0.2, 0.25) is 0 Å². The van der Waals surface area contributed by atoms with E-state index < -0.39 is 0 Å².